The molecule has 0 saturated carbocycles. The van der Waals surface area contributed by atoms with Crippen LogP contribution in [-0.2, 0) is 17.9 Å². The van der Waals surface area contributed by atoms with E-state index in [2.05, 4.69) is 22.1 Å². The topological polar surface area (TPSA) is 41.4 Å². The molecule has 0 aliphatic carbocycles. The summed E-state index contributed by atoms with van der Waals surface area (Å²) in [5.74, 6) is 0.221. The standard InChI is InChI=1S/C19H25ClN4O/c1-15-13-16(2)24(21-15)8-7-19(25)23-11-9-22(10-12-23)14-17-3-5-18(20)6-4-17/h3-6,13H,7-12,14H2,1-2H3. The normalized spacial score (nSPS) is 15.6. The van der Waals surface area contributed by atoms with Crippen LogP contribution in [0.4, 0.5) is 0 Å². The third kappa shape index (κ3) is 4.83. The van der Waals surface area contributed by atoms with Crippen molar-refractivity contribution in [2.75, 3.05) is 26.2 Å². The molecule has 1 aliphatic rings. The first kappa shape index (κ1) is 18.0. The lowest BCUT2D eigenvalue weighted by atomic mass is 10.2. The van der Waals surface area contributed by atoms with Crippen LogP contribution < -0.4 is 0 Å². The van der Waals surface area contributed by atoms with Gasteiger partial charge in [-0.25, -0.2) is 0 Å². The Balaban J connectivity index is 1.44. The number of aryl methyl sites for hydroxylation is 3. The molecule has 1 saturated heterocycles. The van der Waals surface area contributed by atoms with Crippen LogP contribution in [0.3, 0.4) is 0 Å². The molecule has 2 aromatic rings. The molecule has 1 amide bonds. The summed E-state index contributed by atoms with van der Waals surface area (Å²) in [7, 11) is 0. The molecule has 0 bridgehead atoms. The highest BCUT2D eigenvalue weighted by molar-refractivity contribution is 6.30. The fourth-order valence-electron chi connectivity index (χ4n) is 3.26. The van der Waals surface area contributed by atoms with Crippen molar-refractivity contribution in [3.63, 3.8) is 0 Å². The Morgan fingerprint density at radius 2 is 1.80 bits per heavy atom. The van der Waals surface area contributed by atoms with Crippen LogP contribution in [0.15, 0.2) is 30.3 Å². The largest absolute Gasteiger partial charge is 0.340 e. The molecule has 1 aromatic heterocycles. The van der Waals surface area contributed by atoms with Gasteiger partial charge in [0.05, 0.1) is 5.69 Å². The van der Waals surface area contributed by atoms with E-state index in [0.717, 1.165) is 49.1 Å². The Morgan fingerprint density at radius 3 is 2.40 bits per heavy atom. The number of hydrogen-bond donors (Lipinski definition) is 0. The van der Waals surface area contributed by atoms with Gasteiger partial charge in [0.1, 0.15) is 0 Å². The van der Waals surface area contributed by atoms with E-state index < -0.39 is 0 Å². The van der Waals surface area contributed by atoms with Crippen LogP contribution in [0.25, 0.3) is 0 Å². The molecule has 0 N–H and O–H groups in total. The number of amides is 1. The van der Waals surface area contributed by atoms with Crippen LogP contribution in [0.5, 0.6) is 0 Å². The summed E-state index contributed by atoms with van der Waals surface area (Å²) in [6, 6.07) is 10.0. The SMILES string of the molecule is Cc1cc(C)n(CCC(=O)N2CCN(Cc3ccc(Cl)cc3)CC2)n1. The van der Waals surface area contributed by atoms with Crippen molar-refractivity contribution in [1.29, 1.82) is 0 Å². The lowest BCUT2D eigenvalue weighted by molar-refractivity contribution is -0.133. The highest BCUT2D eigenvalue weighted by Gasteiger charge is 2.21. The molecule has 0 radical (unpaired) electrons. The van der Waals surface area contributed by atoms with Crippen molar-refractivity contribution >= 4 is 17.5 Å². The van der Waals surface area contributed by atoms with E-state index in [1.54, 1.807) is 0 Å². The zero-order chi connectivity index (χ0) is 17.8. The number of nitrogens with zero attached hydrogens (tertiary/aromatic N) is 4. The molecule has 0 unspecified atom stereocenters. The number of rotatable bonds is 5. The van der Waals surface area contributed by atoms with Gasteiger partial charge in [-0.1, -0.05) is 23.7 Å². The summed E-state index contributed by atoms with van der Waals surface area (Å²) in [5, 5.41) is 5.19. The van der Waals surface area contributed by atoms with Gasteiger partial charge in [-0.15, -0.1) is 0 Å². The molecule has 1 fully saturated rings. The van der Waals surface area contributed by atoms with Crippen molar-refractivity contribution in [1.82, 2.24) is 19.6 Å². The maximum atomic E-state index is 12.4. The van der Waals surface area contributed by atoms with E-state index in [4.69, 9.17) is 11.6 Å². The Bertz CT molecular complexity index is 718. The fraction of sp³-hybridized carbons (Fsp3) is 0.474. The molecule has 5 nitrogen and oxygen atoms in total. The van der Waals surface area contributed by atoms with Crippen LogP contribution in [-0.4, -0.2) is 51.7 Å². The number of benzene rings is 1. The molecule has 25 heavy (non-hydrogen) atoms. The Hall–Kier alpha value is -1.85. The van der Waals surface area contributed by atoms with E-state index in [9.17, 15) is 4.79 Å². The van der Waals surface area contributed by atoms with Crippen molar-refractivity contribution in [3.8, 4) is 0 Å². The number of carbonyl (C=O) groups is 1. The van der Waals surface area contributed by atoms with Gasteiger partial charge < -0.3 is 4.90 Å². The van der Waals surface area contributed by atoms with Crippen molar-refractivity contribution in [3.05, 3.63) is 52.3 Å². The molecular weight excluding hydrogens is 336 g/mol. The minimum atomic E-state index is 0.221. The predicted octanol–water partition coefficient (Wildman–Crippen LogP) is 2.89. The van der Waals surface area contributed by atoms with Gasteiger partial charge in [0.25, 0.3) is 0 Å². The van der Waals surface area contributed by atoms with Gasteiger partial charge in [0.2, 0.25) is 5.91 Å². The minimum absolute atomic E-state index is 0.221. The van der Waals surface area contributed by atoms with E-state index in [1.165, 1.54) is 5.56 Å². The number of carbonyl (C=O) groups excluding carboxylic acids is 1. The fourth-order valence-corrected chi connectivity index (χ4v) is 3.39. The van der Waals surface area contributed by atoms with Gasteiger partial charge in [0, 0.05) is 56.4 Å². The zero-order valence-corrected chi connectivity index (χ0v) is 15.7. The average Bonchev–Trinajstić information content (AvgIpc) is 2.93. The van der Waals surface area contributed by atoms with Crippen LogP contribution in [0.1, 0.15) is 23.4 Å². The molecule has 1 aliphatic heterocycles. The Labute approximate surface area is 154 Å². The zero-order valence-electron chi connectivity index (χ0n) is 14.9. The van der Waals surface area contributed by atoms with Gasteiger partial charge in [-0.3, -0.25) is 14.4 Å². The van der Waals surface area contributed by atoms with E-state index in [-0.39, 0.29) is 5.91 Å². The maximum absolute atomic E-state index is 12.4. The second-order valence-electron chi connectivity index (χ2n) is 6.68. The van der Waals surface area contributed by atoms with Gasteiger partial charge in [0.15, 0.2) is 0 Å². The molecule has 2 heterocycles. The number of halogens is 1. The van der Waals surface area contributed by atoms with Gasteiger partial charge >= 0.3 is 0 Å². The number of hydrogen-bond acceptors (Lipinski definition) is 3. The predicted molar refractivity (Wildman–Crippen MR) is 99.6 cm³/mol. The summed E-state index contributed by atoms with van der Waals surface area (Å²) >= 11 is 5.93. The minimum Gasteiger partial charge on any atom is -0.340 e. The molecule has 0 spiro atoms. The summed E-state index contributed by atoms with van der Waals surface area (Å²) in [5.41, 5.74) is 3.37. The quantitative estimate of drug-likeness (QED) is 0.823. The summed E-state index contributed by atoms with van der Waals surface area (Å²) in [6.45, 7) is 8.98. The van der Waals surface area contributed by atoms with Crippen molar-refractivity contribution in [2.24, 2.45) is 0 Å². The average molecular weight is 361 g/mol. The van der Waals surface area contributed by atoms with Crippen molar-refractivity contribution in [2.45, 2.75) is 33.4 Å². The highest BCUT2D eigenvalue weighted by atomic mass is 35.5. The lowest BCUT2D eigenvalue weighted by Gasteiger charge is -2.34. The second kappa shape index (κ2) is 8.02. The number of piperazine rings is 1. The monoisotopic (exact) mass is 360 g/mol. The van der Waals surface area contributed by atoms with Gasteiger partial charge in [-0.2, -0.15) is 5.10 Å². The van der Waals surface area contributed by atoms with E-state index >= 15 is 0 Å². The van der Waals surface area contributed by atoms with Crippen molar-refractivity contribution < 1.29 is 4.79 Å². The first-order valence-corrected chi connectivity index (χ1v) is 9.15. The van der Waals surface area contributed by atoms with Crippen LogP contribution in [0.2, 0.25) is 5.02 Å². The first-order chi connectivity index (χ1) is 12.0. The molecule has 134 valence electrons. The summed E-state index contributed by atoms with van der Waals surface area (Å²) in [4.78, 5) is 16.8. The molecular formula is C19H25ClN4O. The number of aromatic nitrogens is 2. The molecule has 1 aromatic carbocycles. The Kier molecular flexibility index (Phi) is 5.76. The summed E-state index contributed by atoms with van der Waals surface area (Å²) in [6.07, 6.45) is 0.513. The third-order valence-corrected chi connectivity index (χ3v) is 4.94. The second-order valence-corrected chi connectivity index (χ2v) is 7.12. The first-order valence-electron chi connectivity index (χ1n) is 8.77. The molecule has 3 rings (SSSR count). The van der Waals surface area contributed by atoms with E-state index in [1.807, 2.05) is 41.6 Å². The Morgan fingerprint density at radius 1 is 1.12 bits per heavy atom. The molecule has 6 heteroatoms. The van der Waals surface area contributed by atoms with E-state index in [0.29, 0.717) is 13.0 Å². The third-order valence-electron chi connectivity index (χ3n) is 4.69. The maximum Gasteiger partial charge on any atom is 0.224 e. The molecule has 0 atom stereocenters. The van der Waals surface area contributed by atoms with Crippen LogP contribution in [0, 0.1) is 13.8 Å². The lowest BCUT2D eigenvalue weighted by Crippen LogP contribution is -2.48. The van der Waals surface area contributed by atoms with Gasteiger partial charge in [-0.05, 0) is 37.6 Å². The highest BCUT2D eigenvalue weighted by Crippen LogP contribution is 2.13. The van der Waals surface area contributed by atoms with Crippen LogP contribution >= 0.6 is 11.6 Å². The summed E-state index contributed by atoms with van der Waals surface area (Å²) < 4.78 is 1.92. The smallest absolute Gasteiger partial charge is 0.224 e.